The fourth-order valence-corrected chi connectivity index (χ4v) is 7.81. The normalized spacial score (nSPS) is 17.9. The highest BCUT2D eigenvalue weighted by Crippen LogP contribution is 2.46. The molecule has 1 unspecified atom stereocenters. The third kappa shape index (κ3) is 7.16. The molecule has 2 aromatic carbocycles. The number of pyridine rings is 1. The Balaban J connectivity index is 0.000000189. The first-order valence-electron chi connectivity index (χ1n) is 15.1. The van der Waals surface area contributed by atoms with Crippen LogP contribution in [-0.4, -0.2) is 58.4 Å². The maximum Gasteiger partial charge on any atom is 0.362 e. The molecule has 254 valence electrons. The zero-order valence-corrected chi connectivity index (χ0v) is 29.3. The van der Waals surface area contributed by atoms with Crippen molar-refractivity contribution in [2.45, 2.75) is 73.3 Å². The summed E-state index contributed by atoms with van der Waals surface area (Å²) >= 11 is 18.0. The summed E-state index contributed by atoms with van der Waals surface area (Å²) in [7, 11) is 2.00. The van der Waals surface area contributed by atoms with Crippen LogP contribution in [0.2, 0.25) is 10.0 Å². The van der Waals surface area contributed by atoms with Crippen LogP contribution < -0.4 is 10.5 Å². The summed E-state index contributed by atoms with van der Waals surface area (Å²) in [4.78, 5) is 43.9. The van der Waals surface area contributed by atoms with Crippen LogP contribution in [-0.2, 0) is 11.9 Å². The van der Waals surface area contributed by atoms with E-state index in [2.05, 4.69) is 11.0 Å². The van der Waals surface area contributed by atoms with Gasteiger partial charge in [-0.05, 0) is 92.2 Å². The number of nitrogens with one attached hydrogen (secondary N) is 1. The van der Waals surface area contributed by atoms with Crippen molar-refractivity contribution in [3.8, 4) is 11.8 Å². The zero-order chi connectivity index (χ0) is 35.1. The van der Waals surface area contributed by atoms with Crippen LogP contribution in [0.4, 0.5) is 19.3 Å². The summed E-state index contributed by atoms with van der Waals surface area (Å²) in [6.45, 7) is 5.83. The smallest absolute Gasteiger partial charge is 0.362 e. The molecule has 0 radical (unpaired) electrons. The largest absolute Gasteiger partial charge is 0.505 e. The molecule has 6 rings (SSSR count). The number of nitriles is 1. The van der Waals surface area contributed by atoms with E-state index in [1.165, 1.54) is 0 Å². The molecule has 48 heavy (non-hydrogen) atoms. The highest BCUT2D eigenvalue weighted by Gasteiger charge is 2.39. The number of carbonyl (C=O) groups excluding carboxylic acids is 2. The number of aldehydes is 1. The van der Waals surface area contributed by atoms with Gasteiger partial charge < -0.3 is 15.0 Å². The molecule has 3 heterocycles. The van der Waals surface area contributed by atoms with Gasteiger partial charge >= 0.3 is 11.4 Å². The average Bonchev–Trinajstić information content (AvgIpc) is 3.83. The Morgan fingerprint density at radius 1 is 1.19 bits per heavy atom. The standard InChI is InChI=1S/C19H24N4O2.C14H8Cl3F2NO2S/c1-12-17-13(11-21(2)15(17)6-7-20)10-16(18(12)24)23-9-3-8-22(19(23)25)14-4-5-14;1-6-2-3-8(15)12(11(6)16)23-9-4-10(14(17,18)19)20-13(22)7(9)5-21/h10,14-15,24H,3-6,8-9,11H2,1-2H3;2-5H,1H3,(H,20,22). The van der Waals surface area contributed by atoms with Crippen LogP contribution >= 0.6 is 46.6 Å². The number of aromatic hydroxyl groups is 1. The Bertz CT molecular complexity index is 1880. The van der Waals surface area contributed by atoms with Gasteiger partial charge in [-0.25, -0.2) is 4.79 Å². The summed E-state index contributed by atoms with van der Waals surface area (Å²) in [5, 5.41) is 16.7. The van der Waals surface area contributed by atoms with Gasteiger partial charge in [-0.15, -0.1) is 0 Å². The average molecular weight is 739 g/mol. The van der Waals surface area contributed by atoms with Gasteiger partial charge in [-0.2, -0.15) is 14.0 Å². The molecule has 3 aromatic rings. The highest BCUT2D eigenvalue weighted by molar-refractivity contribution is 7.99. The number of benzene rings is 2. The molecule has 1 atom stereocenters. The van der Waals surface area contributed by atoms with Crippen LogP contribution in [0, 0.1) is 25.2 Å². The second kappa shape index (κ2) is 14.3. The molecule has 15 heteroatoms. The number of phenols is 1. The SMILES string of the molecule is Cc1c(O)c(N2CCCN(C3CC3)C2=O)cc2c1C(CC#N)N(C)C2.Cc1ccc(Cl)c(Sc2cc(C(F)(F)Cl)[nH]c(=O)c2C=O)c1Cl. The van der Waals surface area contributed by atoms with Crippen molar-refractivity contribution in [1.82, 2.24) is 14.8 Å². The van der Waals surface area contributed by atoms with Crippen molar-refractivity contribution >= 4 is 64.6 Å². The van der Waals surface area contributed by atoms with Gasteiger partial charge in [0.05, 0.1) is 33.8 Å². The number of fused-ring (bicyclic) bond motifs is 1. The molecule has 1 saturated heterocycles. The van der Waals surface area contributed by atoms with Crippen molar-refractivity contribution in [1.29, 1.82) is 5.26 Å². The first kappa shape index (κ1) is 36.0. The van der Waals surface area contributed by atoms with E-state index in [0.717, 1.165) is 66.9 Å². The van der Waals surface area contributed by atoms with E-state index < -0.39 is 16.6 Å². The lowest BCUT2D eigenvalue weighted by atomic mass is 9.95. The molecule has 2 fully saturated rings. The first-order chi connectivity index (χ1) is 22.7. The summed E-state index contributed by atoms with van der Waals surface area (Å²) in [5.74, 6) is 0.183. The monoisotopic (exact) mass is 737 g/mol. The molecule has 1 aliphatic carbocycles. The molecule has 2 N–H and O–H groups in total. The minimum Gasteiger partial charge on any atom is -0.505 e. The number of hydrogen-bond acceptors (Lipinski definition) is 7. The van der Waals surface area contributed by atoms with E-state index in [1.807, 2.05) is 29.9 Å². The molecule has 0 spiro atoms. The zero-order valence-electron chi connectivity index (χ0n) is 26.3. The molecule has 2 amide bonds. The lowest BCUT2D eigenvalue weighted by Crippen LogP contribution is -2.50. The lowest BCUT2D eigenvalue weighted by Gasteiger charge is -2.36. The van der Waals surface area contributed by atoms with E-state index >= 15 is 0 Å². The van der Waals surface area contributed by atoms with Crippen LogP contribution in [0.3, 0.4) is 0 Å². The van der Waals surface area contributed by atoms with Crippen LogP contribution in [0.1, 0.15) is 70.0 Å². The number of phenolic OH excluding ortho intramolecular Hbond substituents is 1. The second-order valence-electron chi connectivity index (χ2n) is 12.0. The summed E-state index contributed by atoms with van der Waals surface area (Å²) in [5.41, 5.74) is 2.19. The van der Waals surface area contributed by atoms with E-state index in [1.54, 1.807) is 24.0 Å². The topological polar surface area (TPSA) is 121 Å². The molecular formula is C33H32Cl3F2N5O4S. The third-order valence-corrected chi connectivity index (χ3v) is 11.1. The van der Waals surface area contributed by atoms with Crippen molar-refractivity contribution in [2.24, 2.45) is 0 Å². The number of H-pyrrole nitrogens is 1. The van der Waals surface area contributed by atoms with Crippen LogP contribution in [0.5, 0.6) is 5.75 Å². The number of amides is 2. The Morgan fingerprint density at radius 2 is 1.90 bits per heavy atom. The number of urea groups is 1. The lowest BCUT2D eigenvalue weighted by molar-refractivity contribution is 0.0891. The van der Waals surface area contributed by atoms with Gasteiger partial charge in [-0.3, -0.25) is 19.4 Å². The van der Waals surface area contributed by atoms with Gasteiger partial charge in [0.1, 0.15) is 11.4 Å². The van der Waals surface area contributed by atoms with Gasteiger partial charge in [0.15, 0.2) is 6.29 Å². The van der Waals surface area contributed by atoms with Gasteiger partial charge in [0.2, 0.25) is 0 Å². The number of rotatable bonds is 7. The number of carbonyl (C=O) groups is 2. The summed E-state index contributed by atoms with van der Waals surface area (Å²) in [6.07, 6.45) is 3.79. The number of aromatic amines is 1. The van der Waals surface area contributed by atoms with Crippen molar-refractivity contribution < 1.29 is 23.5 Å². The molecule has 1 aromatic heterocycles. The Kier molecular flexibility index (Phi) is 10.7. The molecule has 3 aliphatic rings. The number of anilines is 1. The quantitative estimate of drug-likeness (QED) is 0.186. The van der Waals surface area contributed by atoms with Crippen molar-refractivity contribution in [3.63, 3.8) is 0 Å². The fraction of sp³-hybridized carbons (Fsp3) is 0.394. The maximum absolute atomic E-state index is 13.3. The Hall–Kier alpha value is -3.34. The molecule has 9 nitrogen and oxygen atoms in total. The van der Waals surface area contributed by atoms with Crippen LogP contribution in [0.25, 0.3) is 0 Å². The summed E-state index contributed by atoms with van der Waals surface area (Å²) in [6, 6.07) is 8.81. The van der Waals surface area contributed by atoms with Gasteiger partial charge in [0.25, 0.3) is 5.56 Å². The number of aryl methyl sites for hydroxylation is 1. The molecule has 2 aliphatic heterocycles. The number of hydrogen-bond donors (Lipinski definition) is 2. The van der Waals surface area contributed by atoms with E-state index in [9.17, 15) is 28.3 Å². The maximum atomic E-state index is 13.3. The van der Waals surface area contributed by atoms with E-state index in [0.29, 0.717) is 40.2 Å². The molecular weight excluding hydrogens is 707 g/mol. The molecule has 1 saturated carbocycles. The molecule has 0 bridgehead atoms. The van der Waals surface area contributed by atoms with Crippen LogP contribution in [0.15, 0.2) is 38.9 Å². The first-order valence-corrected chi connectivity index (χ1v) is 17.1. The van der Waals surface area contributed by atoms with Gasteiger partial charge in [0, 0.05) is 41.5 Å². The predicted molar refractivity (Wildman–Crippen MR) is 182 cm³/mol. The third-order valence-electron chi connectivity index (χ3n) is 8.68. The Morgan fingerprint density at radius 3 is 2.52 bits per heavy atom. The minimum absolute atomic E-state index is 0.0139. The fourth-order valence-electron chi connectivity index (χ4n) is 6.04. The van der Waals surface area contributed by atoms with Crippen molar-refractivity contribution in [2.75, 3.05) is 25.0 Å². The Labute approximate surface area is 295 Å². The highest BCUT2D eigenvalue weighted by atomic mass is 35.5. The number of aromatic nitrogens is 1. The summed E-state index contributed by atoms with van der Waals surface area (Å²) < 4.78 is 26.5. The second-order valence-corrected chi connectivity index (χ2v) is 14.3. The number of alkyl halides is 3. The minimum atomic E-state index is -3.78. The van der Waals surface area contributed by atoms with E-state index in [-0.39, 0.29) is 39.6 Å². The number of nitrogens with zero attached hydrogens (tertiary/aromatic N) is 4. The predicted octanol–water partition coefficient (Wildman–Crippen LogP) is 8.14. The number of halogens is 5. The van der Waals surface area contributed by atoms with Crippen molar-refractivity contribution in [3.05, 3.63) is 78.2 Å². The van der Waals surface area contributed by atoms with E-state index in [4.69, 9.17) is 40.1 Å². The van der Waals surface area contributed by atoms with Gasteiger partial charge in [-0.1, -0.05) is 41.0 Å².